The molecule has 0 aromatic heterocycles. The number of amides is 4. The lowest BCUT2D eigenvalue weighted by Crippen LogP contribution is -2.31. The molecular formula is C29H32N4O5. The average Bonchev–Trinajstić information content (AvgIpc) is 2.87. The van der Waals surface area contributed by atoms with E-state index in [1.54, 1.807) is 60.5 Å². The molecule has 0 saturated heterocycles. The summed E-state index contributed by atoms with van der Waals surface area (Å²) >= 11 is 0. The van der Waals surface area contributed by atoms with E-state index in [0.29, 0.717) is 16.9 Å². The number of nitrogens with one attached hydrogen (secondary N) is 3. The molecule has 38 heavy (non-hydrogen) atoms. The predicted molar refractivity (Wildman–Crippen MR) is 147 cm³/mol. The van der Waals surface area contributed by atoms with E-state index in [0.717, 1.165) is 16.8 Å². The molecule has 3 aromatic rings. The van der Waals surface area contributed by atoms with E-state index in [-0.39, 0.29) is 37.1 Å². The van der Waals surface area contributed by atoms with Crippen LogP contribution in [0, 0.1) is 6.92 Å². The standard InChI is InChI=1S/C29H32N4O5/c1-19-7-4-5-10-26(19)33(3)29(38)32-23-13-11-21(12-14-23)17-27(35)31-24-9-6-8-22(18-24)25(30-20(2)34)15-16-28(36)37/h4-14,18,25H,15-17H2,1-3H3,(H,30,34)(H,31,35)(H,32,38)(H,36,37). The van der Waals surface area contributed by atoms with Gasteiger partial charge in [0.05, 0.1) is 12.5 Å². The molecule has 0 aliphatic heterocycles. The highest BCUT2D eigenvalue weighted by Gasteiger charge is 2.16. The molecular weight excluding hydrogens is 484 g/mol. The number of aryl methyl sites for hydroxylation is 1. The molecule has 3 rings (SSSR count). The minimum atomic E-state index is -0.950. The number of carboxylic acids is 1. The first-order valence-corrected chi connectivity index (χ1v) is 12.2. The van der Waals surface area contributed by atoms with E-state index in [1.165, 1.54) is 6.92 Å². The van der Waals surface area contributed by atoms with Crippen molar-refractivity contribution in [2.45, 2.75) is 39.2 Å². The van der Waals surface area contributed by atoms with Crippen LogP contribution >= 0.6 is 0 Å². The third kappa shape index (κ3) is 8.19. The molecule has 0 radical (unpaired) electrons. The Labute approximate surface area is 221 Å². The number of aliphatic carboxylic acids is 1. The summed E-state index contributed by atoms with van der Waals surface area (Å²) in [5.41, 5.74) is 4.42. The summed E-state index contributed by atoms with van der Waals surface area (Å²) in [7, 11) is 1.70. The second kappa shape index (κ2) is 13.0. The van der Waals surface area contributed by atoms with Gasteiger partial charge < -0.3 is 21.1 Å². The molecule has 4 amide bonds. The van der Waals surface area contributed by atoms with Crippen molar-refractivity contribution in [1.82, 2.24) is 5.32 Å². The Hall–Kier alpha value is -4.66. The Morgan fingerprint density at radius 2 is 1.61 bits per heavy atom. The van der Waals surface area contributed by atoms with E-state index in [2.05, 4.69) is 16.0 Å². The Morgan fingerprint density at radius 1 is 0.895 bits per heavy atom. The monoisotopic (exact) mass is 516 g/mol. The molecule has 0 fully saturated rings. The molecule has 3 aromatic carbocycles. The number of carbonyl (C=O) groups is 4. The van der Waals surface area contributed by atoms with E-state index in [9.17, 15) is 19.2 Å². The van der Waals surface area contributed by atoms with Gasteiger partial charge in [-0.25, -0.2) is 4.79 Å². The van der Waals surface area contributed by atoms with Crippen molar-refractivity contribution in [3.63, 3.8) is 0 Å². The molecule has 9 heteroatoms. The maximum absolute atomic E-state index is 12.7. The maximum Gasteiger partial charge on any atom is 0.326 e. The first kappa shape index (κ1) is 27.9. The van der Waals surface area contributed by atoms with Crippen LogP contribution < -0.4 is 20.9 Å². The molecule has 0 spiro atoms. The first-order chi connectivity index (χ1) is 18.1. The summed E-state index contributed by atoms with van der Waals surface area (Å²) in [6, 6.07) is 20.9. The van der Waals surface area contributed by atoms with Crippen LogP contribution in [-0.2, 0) is 20.8 Å². The molecule has 1 atom stereocenters. The number of hydrogen-bond donors (Lipinski definition) is 4. The van der Waals surface area contributed by atoms with Crippen LogP contribution in [0.4, 0.5) is 21.9 Å². The van der Waals surface area contributed by atoms with Gasteiger partial charge in [0.25, 0.3) is 0 Å². The topological polar surface area (TPSA) is 128 Å². The Morgan fingerprint density at radius 3 is 2.26 bits per heavy atom. The van der Waals surface area contributed by atoms with Crippen molar-refractivity contribution in [3.8, 4) is 0 Å². The fraction of sp³-hybridized carbons (Fsp3) is 0.241. The molecule has 4 N–H and O–H groups in total. The molecule has 0 bridgehead atoms. The van der Waals surface area contributed by atoms with Crippen LogP contribution in [0.3, 0.4) is 0 Å². The second-order valence-corrected chi connectivity index (χ2v) is 9.01. The second-order valence-electron chi connectivity index (χ2n) is 9.01. The number of nitrogens with zero attached hydrogens (tertiary/aromatic N) is 1. The van der Waals surface area contributed by atoms with Crippen LogP contribution in [0.5, 0.6) is 0 Å². The lowest BCUT2D eigenvalue weighted by atomic mass is 10.0. The molecule has 1 unspecified atom stereocenters. The molecule has 198 valence electrons. The van der Waals surface area contributed by atoms with Crippen molar-refractivity contribution < 1.29 is 24.3 Å². The van der Waals surface area contributed by atoms with E-state index >= 15 is 0 Å². The van der Waals surface area contributed by atoms with E-state index < -0.39 is 12.0 Å². The zero-order chi connectivity index (χ0) is 27.7. The van der Waals surface area contributed by atoms with E-state index in [1.807, 2.05) is 31.2 Å². The Balaban J connectivity index is 1.59. The summed E-state index contributed by atoms with van der Waals surface area (Å²) in [5.74, 6) is -1.45. The predicted octanol–water partition coefficient (Wildman–Crippen LogP) is 4.89. The SMILES string of the molecule is CC(=O)NC(CCC(=O)O)c1cccc(NC(=O)Cc2ccc(NC(=O)N(C)c3ccccc3C)cc2)c1. The fourth-order valence-corrected chi connectivity index (χ4v) is 4.02. The average molecular weight is 517 g/mol. The molecule has 0 aliphatic rings. The summed E-state index contributed by atoms with van der Waals surface area (Å²) < 4.78 is 0. The van der Waals surface area contributed by atoms with Crippen molar-refractivity contribution >= 4 is 40.9 Å². The number of benzene rings is 3. The smallest absolute Gasteiger partial charge is 0.326 e. The van der Waals surface area contributed by atoms with Gasteiger partial charge in [0.15, 0.2) is 0 Å². The minimum absolute atomic E-state index is 0.0971. The quantitative estimate of drug-likeness (QED) is 0.305. The summed E-state index contributed by atoms with van der Waals surface area (Å²) in [5, 5.41) is 17.5. The minimum Gasteiger partial charge on any atom is -0.481 e. The van der Waals surface area contributed by atoms with Gasteiger partial charge in [-0.3, -0.25) is 19.3 Å². The lowest BCUT2D eigenvalue weighted by Gasteiger charge is -2.20. The van der Waals surface area contributed by atoms with Gasteiger partial charge in [0, 0.05) is 37.5 Å². The Bertz CT molecular complexity index is 1310. The highest BCUT2D eigenvalue weighted by atomic mass is 16.4. The molecule has 9 nitrogen and oxygen atoms in total. The number of para-hydroxylation sites is 1. The lowest BCUT2D eigenvalue weighted by molar-refractivity contribution is -0.137. The largest absolute Gasteiger partial charge is 0.481 e. The van der Waals surface area contributed by atoms with Gasteiger partial charge in [-0.15, -0.1) is 0 Å². The molecule has 0 aliphatic carbocycles. The molecule has 0 heterocycles. The van der Waals surface area contributed by atoms with Gasteiger partial charge in [-0.05, 0) is 60.4 Å². The van der Waals surface area contributed by atoms with Crippen LogP contribution in [0.15, 0.2) is 72.8 Å². The first-order valence-electron chi connectivity index (χ1n) is 12.2. The summed E-state index contributed by atoms with van der Waals surface area (Å²) in [4.78, 5) is 49.4. The number of hydrogen-bond acceptors (Lipinski definition) is 4. The molecule has 0 saturated carbocycles. The van der Waals surface area contributed by atoms with Crippen LogP contribution in [0.2, 0.25) is 0 Å². The number of carbonyl (C=O) groups excluding carboxylic acids is 3. The van der Waals surface area contributed by atoms with Crippen molar-refractivity contribution in [2.75, 3.05) is 22.6 Å². The van der Waals surface area contributed by atoms with Gasteiger partial charge >= 0.3 is 12.0 Å². The van der Waals surface area contributed by atoms with Crippen LogP contribution in [0.25, 0.3) is 0 Å². The van der Waals surface area contributed by atoms with Gasteiger partial charge in [0.1, 0.15) is 0 Å². The number of carboxylic acid groups (broad SMARTS) is 1. The highest BCUT2D eigenvalue weighted by Crippen LogP contribution is 2.23. The third-order valence-electron chi connectivity index (χ3n) is 5.95. The maximum atomic E-state index is 12.7. The van der Waals surface area contributed by atoms with Crippen molar-refractivity contribution in [1.29, 1.82) is 0 Å². The fourth-order valence-electron chi connectivity index (χ4n) is 4.02. The number of urea groups is 1. The normalized spacial score (nSPS) is 11.2. The third-order valence-corrected chi connectivity index (χ3v) is 5.95. The summed E-state index contributed by atoms with van der Waals surface area (Å²) in [6.45, 7) is 3.31. The van der Waals surface area contributed by atoms with Gasteiger partial charge in [-0.1, -0.05) is 42.5 Å². The van der Waals surface area contributed by atoms with Crippen molar-refractivity contribution in [3.05, 3.63) is 89.5 Å². The van der Waals surface area contributed by atoms with Crippen molar-refractivity contribution in [2.24, 2.45) is 0 Å². The van der Waals surface area contributed by atoms with Gasteiger partial charge in [-0.2, -0.15) is 0 Å². The van der Waals surface area contributed by atoms with Crippen LogP contribution in [0.1, 0.15) is 42.5 Å². The number of anilines is 3. The van der Waals surface area contributed by atoms with E-state index in [4.69, 9.17) is 5.11 Å². The number of rotatable bonds is 10. The zero-order valence-electron chi connectivity index (χ0n) is 21.7. The Kier molecular flexibility index (Phi) is 9.59. The summed E-state index contributed by atoms with van der Waals surface area (Å²) in [6.07, 6.45) is 0.256. The van der Waals surface area contributed by atoms with Gasteiger partial charge in [0.2, 0.25) is 11.8 Å². The van der Waals surface area contributed by atoms with Crippen LogP contribution in [-0.4, -0.2) is 36.0 Å². The highest BCUT2D eigenvalue weighted by molar-refractivity contribution is 6.01. The zero-order valence-corrected chi connectivity index (χ0v) is 21.7.